The summed E-state index contributed by atoms with van der Waals surface area (Å²) in [6, 6.07) is 10.9. The molecule has 0 N–H and O–H groups in total. The molecular weight excluding hydrogens is 234 g/mol. The topological polar surface area (TPSA) is 26.0 Å². The molecule has 0 spiro atoms. The van der Waals surface area contributed by atoms with Crippen molar-refractivity contribution < 1.29 is 4.42 Å². The molecule has 0 bridgehead atoms. The van der Waals surface area contributed by atoms with E-state index in [4.69, 9.17) is 4.42 Å². The second-order valence-electron chi connectivity index (χ2n) is 4.88. The lowest BCUT2D eigenvalue weighted by Gasteiger charge is -2.06. The Bertz CT molecular complexity index is 788. The van der Waals surface area contributed by atoms with Crippen LogP contribution >= 0.6 is 0 Å². The van der Waals surface area contributed by atoms with Crippen molar-refractivity contribution in [2.45, 2.75) is 12.8 Å². The van der Waals surface area contributed by atoms with Crippen LogP contribution in [-0.4, -0.2) is 4.98 Å². The minimum atomic E-state index is 0.568. The highest BCUT2D eigenvalue weighted by atomic mass is 16.4. The van der Waals surface area contributed by atoms with E-state index in [9.17, 15) is 0 Å². The van der Waals surface area contributed by atoms with Gasteiger partial charge < -0.3 is 4.42 Å². The number of aromatic nitrogens is 1. The molecule has 19 heavy (non-hydrogen) atoms. The van der Waals surface area contributed by atoms with E-state index in [-0.39, 0.29) is 0 Å². The van der Waals surface area contributed by atoms with Crippen LogP contribution in [0.2, 0.25) is 0 Å². The van der Waals surface area contributed by atoms with E-state index >= 15 is 0 Å². The van der Waals surface area contributed by atoms with Gasteiger partial charge in [-0.15, -0.1) is 0 Å². The lowest BCUT2D eigenvalue weighted by molar-refractivity contribution is 0.561. The third kappa shape index (κ3) is 1.46. The molecule has 0 atom stereocenters. The van der Waals surface area contributed by atoms with E-state index in [2.05, 4.69) is 41.9 Å². The zero-order valence-electron chi connectivity index (χ0n) is 10.5. The SMILES string of the molecule is C=Cc1ncc(-c2ccc3c4c(cccc24)CC3)o1. The van der Waals surface area contributed by atoms with Gasteiger partial charge in [-0.05, 0) is 40.8 Å². The maximum Gasteiger partial charge on any atom is 0.218 e. The number of aryl methyl sites for hydroxylation is 2. The molecule has 0 radical (unpaired) electrons. The van der Waals surface area contributed by atoms with Crippen molar-refractivity contribution >= 4 is 16.8 Å². The summed E-state index contributed by atoms with van der Waals surface area (Å²) in [4.78, 5) is 4.19. The molecular formula is C17H13NO. The molecule has 1 heterocycles. The van der Waals surface area contributed by atoms with Crippen LogP contribution in [0.3, 0.4) is 0 Å². The molecule has 2 heteroatoms. The molecule has 1 aromatic heterocycles. The van der Waals surface area contributed by atoms with Crippen molar-refractivity contribution in [1.29, 1.82) is 0 Å². The summed E-state index contributed by atoms with van der Waals surface area (Å²) < 4.78 is 5.70. The minimum Gasteiger partial charge on any atom is -0.437 e. The monoisotopic (exact) mass is 247 g/mol. The quantitative estimate of drug-likeness (QED) is 0.677. The molecule has 0 saturated heterocycles. The average Bonchev–Trinajstić information content (AvgIpc) is 3.08. The minimum absolute atomic E-state index is 0.568. The van der Waals surface area contributed by atoms with Gasteiger partial charge in [0.25, 0.3) is 0 Å². The van der Waals surface area contributed by atoms with Crippen LogP contribution in [0.5, 0.6) is 0 Å². The predicted octanol–water partition coefficient (Wildman–Crippen LogP) is 4.24. The predicted molar refractivity (Wildman–Crippen MR) is 76.9 cm³/mol. The molecule has 0 fully saturated rings. The molecule has 1 aliphatic rings. The van der Waals surface area contributed by atoms with Gasteiger partial charge in [0, 0.05) is 5.56 Å². The number of benzene rings is 2. The van der Waals surface area contributed by atoms with Gasteiger partial charge in [-0.3, -0.25) is 0 Å². The van der Waals surface area contributed by atoms with Crippen molar-refractivity contribution in [3.63, 3.8) is 0 Å². The molecule has 0 unspecified atom stereocenters. The highest BCUT2D eigenvalue weighted by Crippen LogP contribution is 2.37. The van der Waals surface area contributed by atoms with Crippen molar-refractivity contribution in [1.82, 2.24) is 4.98 Å². The number of hydrogen-bond acceptors (Lipinski definition) is 2. The molecule has 3 aromatic rings. The van der Waals surface area contributed by atoms with Gasteiger partial charge in [-0.25, -0.2) is 4.98 Å². The standard InChI is InChI=1S/C17H13NO/c1-2-16-18-10-15(19-16)13-9-8-12-7-6-11-4-3-5-14(13)17(11)12/h2-5,8-10H,1,6-7H2. The van der Waals surface area contributed by atoms with Crippen molar-refractivity contribution in [2.24, 2.45) is 0 Å². The zero-order chi connectivity index (χ0) is 12.8. The Morgan fingerprint density at radius 2 is 1.95 bits per heavy atom. The van der Waals surface area contributed by atoms with Gasteiger partial charge in [0.15, 0.2) is 5.76 Å². The Kier molecular flexibility index (Phi) is 2.12. The summed E-state index contributed by atoms with van der Waals surface area (Å²) in [5.74, 6) is 1.38. The van der Waals surface area contributed by atoms with Gasteiger partial charge >= 0.3 is 0 Å². The molecule has 1 aliphatic carbocycles. The second kappa shape index (κ2) is 3.82. The summed E-state index contributed by atoms with van der Waals surface area (Å²) >= 11 is 0. The fourth-order valence-corrected chi connectivity index (χ4v) is 2.97. The van der Waals surface area contributed by atoms with Crippen LogP contribution in [0.25, 0.3) is 28.2 Å². The van der Waals surface area contributed by atoms with Gasteiger partial charge in [-0.2, -0.15) is 0 Å². The normalized spacial score (nSPS) is 13.1. The van der Waals surface area contributed by atoms with Crippen LogP contribution in [-0.2, 0) is 12.8 Å². The summed E-state index contributed by atoms with van der Waals surface area (Å²) in [6.07, 6.45) is 5.69. The first-order chi connectivity index (χ1) is 9.36. The number of nitrogens with zero attached hydrogens (tertiary/aromatic N) is 1. The van der Waals surface area contributed by atoms with Crippen LogP contribution in [0.4, 0.5) is 0 Å². The first-order valence-electron chi connectivity index (χ1n) is 6.49. The number of hydrogen-bond donors (Lipinski definition) is 0. The maximum absolute atomic E-state index is 5.70. The van der Waals surface area contributed by atoms with Gasteiger partial charge in [0.05, 0.1) is 6.20 Å². The van der Waals surface area contributed by atoms with E-state index in [0.29, 0.717) is 5.89 Å². The Morgan fingerprint density at radius 1 is 1.11 bits per heavy atom. The molecule has 0 saturated carbocycles. The van der Waals surface area contributed by atoms with E-state index in [1.807, 2.05) is 0 Å². The summed E-state index contributed by atoms with van der Waals surface area (Å²) in [5.41, 5.74) is 4.00. The second-order valence-corrected chi connectivity index (χ2v) is 4.88. The summed E-state index contributed by atoms with van der Waals surface area (Å²) in [5, 5.41) is 2.66. The lowest BCUT2D eigenvalue weighted by Crippen LogP contribution is -1.83. The van der Waals surface area contributed by atoms with E-state index in [1.54, 1.807) is 12.3 Å². The average molecular weight is 247 g/mol. The summed E-state index contributed by atoms with van der Waals surface area (Å²) in [7, 11) is 0. The van der Waals surface area contributed by atoms with Crippen LogP contribution in [0, 0.1) is 0 Å². The molecule has 0 aliphatic heterocycles. The summed E-state index contributed by atoms with van der Waals surface area (Å²) in [6.45, 7) is 3.68. The third-order valence-electron chi connectivity index (χ3n) is 3.84. The fraction of sp³-hybridized carbons (Fsp3) is 0.118. The molecule has 2 nitrogen and oxygen atoms in total. The Hall–Kier alpha value is -2.35. The van der Waals surface area contributed by atoms with Crippen molar-refractivity contribution in [2.75, 3.05) is 0 Å². The maximum atomic E-state index is 5.70. The van der Waals surface area contributed by atoms with Crippen LogP contribution < -0.4 is 0 Å². The van der Waals surface area contributed by atoms with Gasteiger partial charge in [0.2, 0.25) is 5.89 Å². The smallest absolute Gasteiger partial charge is 0.218 e. The van der Waals surface area contributed by atoms with Crippen molar-refractivity contribution in [3.8, 4) is 11.3 Å². The number of oxazole rings is 1. The molecule has 0 amide bonds. The van der Waals surface area contributed by atoms with E-state index in [0.717, 1.165) is 24.2 Å². The van der Waals surface area contributed by atoms with Crippen molar-refractivity contribution in [3.05, 3.63) is 60.1 Å². The third-order valence-corrected chi connectivity index (χ3v) is 3.84. The zero-order valence-corrected chi connectivity index (χ0v) is 10.5. The first kappa shape index (κ1) is 10.6. The molecule has 92 valence electrons. The van der Waals surface area contributed by atoms with Gasteiger partial charge in [0.1, 0.15) is 0 Å². The molecule has 2 aromatic carbocycles. The Labute approximate surface area is 111 Å². The van der Waals surface area contributed by atoms with Crippen LogP contribution in [0.15, 0.2) is 47.5 Å². The van der Waals surface area contributed by atoms with Crippen LogP contribution in [0.1, 0.15) is 17.0 Å². The Morgan fingerprint density at radius 3 is 2.74 bits per heavy atom. The van der Waals surface area contributed by atoms with E-state index < -0.39 is 0 Å². The fourth-order valence-electron chi connectivity index (χ4n) is 2.97. The first-order valence-corrected chi connectivity index (χ1v) is 6.49. The van der Waals surface area contributed by atoms with E-state index in [1.165, 1.54) is 21.9 Å². The largest absolute Gasteiger partial charge is 0.437 e. The highest BCUT2D eigenvalue weighted by Gasteiger charge is 2.17. The van der Waals surface area contributed by atoms with Gasteiger partial charge in [-0.1, -0.05) is 36.9 Å². The number of rotatable bonds is 2. The highest BCUT2D eigenvalue weighted by molar-refractivity contribution is 6.00. The Balaban J connectivity index is 2.03. The lowest BCUT2D eigenvalue weighted by atomic mass is 9.99. The molecule has 4 rings (SSSR count).